The summed E-state index contributed by atoms with van der Waals surface area (Å²) in [4.78, 5) is 11.2. The van der Waals surface area contributed by atoms with E-state index in [1.807, 2.05) is 0 Å². The van der Waals surface area contributed by atoms with Gasteiger partial charge < -0.3 is 15.2 Å². The molecule has 0 spiro atoms. The fourth-order valence-corrected chi connectivity index (χ4v) is 2.48. The highest BCUT2D eigenvalue weighted by molar-refractivity contribution is 7.93. The van der Waals surface area contributed by atoms with E-state index in [1.165, 1.54) is 19.2 Å². The van der Waals surface area contributed by atoms with Gasteiger partial charge in [0.2, 0.25) is 10.0 Å². The highest BCUT2D eigenvalue weighted by Crippen LogP contribution is 2.26. The van der Waals surface area contributed by atoms with Crippen LogP contribution in [0.3, 0.4) is 0 Å². The van der Waals surface area contributed by atoms with Gasteiger partial charge in [-0.1, -0.05) is 12.2 Å². The molecule has 1 aromatic carbocycles. The Labute approximate surface area is 122 Å². The van der Waals surface area contributed by atoms with Gasteiger partial charge in [-0.2, -0.15) is 0 Å². The first-order chi connectivity index (χ1) is 9.29. The van der Waals surface area contributed by atoms with Gasteiger partial charge in [-0.3, -0.25) is 9.52 Å². The van der Waals surface area contributed by atoms with Crippen molar-refractivity contribution in [1.29, 1.82) is 0 Å². The summed E-state index contributed by atoms with van der Waals surface area (Å²) in [6, 6.07) is 4.49. The Balaban J connectivity index is 3.03. The minimum absolute atomic E-state index is 0.160. The van der Waals surface area contributed by atoms with Crippen LogP contribution in [0.15, 0.2) is 18.2 Å². The van der Waals surface area contributed by atoms with E-state index in [0.717, 1.165) is 7.11 Å². The van der Waals surface area contributed by atoms with Crippen molar-refractivity contribution in [2.45, 2.75) is 0 Å². The lowest BCUT2D eigenvalue weighted by Crippen LogP contribution is -2.24. The van der Waals surface area contributed by atoms with Crippen LogP contribution < -0.4 is 15.2 Å². The van der Waals surface area contributed by atoms with E-state index in [-0.39, 0.29) is 16.4 Å². The number of anilines is 1. The van der Waals surface area contributed by atoms with Crippen LogP contribution in [0, 0.1) is 0 Å². The molecule has 0 aliphatic rings. The normalized spacial score (nSPS) is 10.7. The van der Waals surface area contributed by atoms with Crippen molar-refractivity contribution >= 4 is 38.9 Å². The zero-order valence-electron chi connectivity index (χ0n) is 10.9. The Hall–Kier alpha value is -1.87. The molecule has 0 atom stereocenters. The van der Waals surface area contributed by atoms with Crippen molar-refractivity contribution in [1.82, 2.24) is 0 Å². The lowest BCUT2D eigenvalue weighted by atomic mass is 10.2. The number of carbonyl (C=O) groups excluding carboxylic acids is 1. The average Bonchev–Trinajstić information content (AvgIpc) is 2.37. The van der Waals surface area contributed by atoms with E-state index in [9.17, 15) is 13.2 Å². The Morgan fingerprint density at radius 2 is 2.05 bits per heavy atom. The number of benzene rings is 1. The fraction of sp³-hybridized carbons (Fsp3) is 0.273. The Morgan fingerprint density at radius 1 is 1.40 bits per heavy atom. The van der Waals surface area contributed by atoms with Gasteiger partial charge in [0.05, 0.1) is 19.9 Å². The summed E-state index contributed by atoms with van der Waals surface area (Å²) in [7, 11) is -1.40. The van der Waals surface area contributed by atoms with Crippen LogP contribution in [0.25, 0.3) is 0 Å². The van der Waals surface area contributed by atoms with Crippen molar-refractivity contribution in [3.8, 4) is 5.75 Å². The van der Waals surface area contributed by atoms with Gasteiger partial charge in [-0.25, -0.2) is 8.42 Å². The zero-order valence-corrected chi connectivity index (χ0v) is 12.5. The number of esters is 1. The summed E-state index contributed by atoms with van der Waals surface area (Å²) in [5.41, 5.74) is 6.19. The molecule has 0 radical (unpaired) electrons. The molecule has 0 amide bonds. The molecule has 0 fully saturated rings. The second-order valence-electron chi connectivity index (χ2n) is 3.72. The number of thiocarbonyl (C=S) groups is 1. The Kier molecular flexibility index (Phi) is 5.28. The van der Waals surface area contributed by atoms with Crippen LogP contribution in [0.5, 0.6) is 5.75 Å². The SMILES string of the molecule is COC(=O)CS(=O)(=O)Nc1ccc(C(N)=S)cc1OC. The molecule has 0 heterocycles. The first kappa shape index (κ1) is 16.2. The first-order valence-corrected chi connectivity index (χ1v) is 7.40. The van der Waals surface area contributed by atoms with Crippen LogP contribution in [-0.2, 0) is 19.6 Å². The molecule has 7 nitrogen and oxygen atoms in total. The van der Waals surface area contributed by atoms with E-state index >= 15 is 0 Å². The van der Waals surface area contributed by atoms with Crippen molar-refractivity contribution in [2.24, 2.45) is 5.73 Å². The number of nitrogens with two attached hydrogens (primary N) is 1. The van der Waals surface area contributed by atoms with Gasteiger partial charge in [0.1, 0.15) is 10.7 Å². The highest BCUT2D eigenvalue weighted by atomic mass is 32.2. The molecule has 110 valence electrons. The standard InChI is InChI=1S/C11H14N2O5S2/c1-17-9-5-7(11(12)19)3-4-8(9)13-20(15,16)6-10(14)18-2/h3-5,13H,6H2,1-2H3,(H2,12,19). The molecule has 0 aromatic heterocycles. The Morgan fingerprint density at radius 3 is 2.55 bits per heavy atom. The predicted octanol–water partition coefficient (Wildman–Crippen LogP) is 0.244. The van der Waals surface area contributed by atoms with Gasteiger partial charge in [-0.15, -0.1) is 0 Å². The van der Waals surface area contributed by atoms with Crippen LogP contribution in [0.1, 0.15) is 5.56 Å². The molecule has 20 heavy (non-hydrogen) atoms. The maximum Gasteiger partial charge on any atom is 0.322 e. The van der Waals surface area contributed by atoms with Gasteiger partial charge in [0.25, 0.3) is 0 Å². The van der Waals surface area contributed by atoms with Gasteiger partial charge in [-0.05, 0) is 18.2 Å². The number of rotatable bonds is 6. The summed E-state index contributed by atoms with van der Waals surface area (Å²) >= 11 is 4.82. The third-order valence-electron chi connectivity index (χ3n) is 2.29. The van der Waals surface area contributed by atoms with Gasteiger partial charge in [0, 0.05) is 5.56 Å². The molecule has 1 aromatic rings. The lowest BCUT2D eigenvalue weighted by molar-refractivity contribution is -0.137. The van der Waals surface area contributed by atoms with Crippen LogP contribution in [-0.4, -0.2) is 39.3 Å². The second-order valence-corrected chi connectivity index (χ2v) is 5.88. The number of carbonyl (C=O) groups is 1. The summed E-state index contributed by atoms with van der Waals surface area (Å²) < 4.78 is 35.1. The van der Waals surface area contributed by atoms with Gasteiger partial charge >= 0.3 is 5.97 Å². The molecule has 0 saturated carbocycles. The molecular weight excluding hydrogens is 304 g/mol. The minimum atomic E-state index is -3.88. The van der Waals surface area contributed by atoms with Crippen molar-refractivity contribution < 1.29 is 22.7 Å². The Bertz CT molecular complexity index is 628. The molecule has 0 aliphatic heterocycles. The molecule has 9 heteroatoms. The number of ether oxygens (including phenoxy) is 2. The van der Waals surface area contributed by atoms with E-state index in [1.54, 1.807) is 6.07 Å². The average molecular weight is 318 g/mol. The van der Waals surface area contributed by atoms with Crippen LogP contribution in [0.4, 0.5) is 5.69 Å². The fourth-order valence-electron chi connectivity index (χ4n) is 1.35. The topological polar surface area (TPSA) is 108 Å². The maximum atomic E-state index is 11.7. The van der Waals surface area contributed by atoms with E-state index < -0.39 is 21.7 Å². The minimum Gasteiger partial charge on any atom is -0.495 e. The predicted molar refractivity (Wildman–Crippen MR) is 78.3 cm³/mol. The number of nitrogens with one attached hydrogen (secondary N) is 1. The first-order valence-electron chi connectivity index (χ1n) is 5.34. The second kappa shape index (κ2) is 6.53. The van der Waals surface area contributed by atoms with E-state index in [4.69, 9.17) is 22.7 Å². The van der Waals surface area contributed by atoms with Crippen molar-refractivity contribution in [2.75, 3.05) is 24.7 Å². The summed E-state index contributed by atoms with van der Waals surface area (Å²) in [5.74, 6) is -1.41. The number of hydrogen-bond donors (Lipinski definition) is 2. The summed E-state index contributed by atoms with van der Waals surface area (Å²) in [5, 5.41) is 0. The highest BCUT2D eigenvalue weighted by Gasteiger charge is 2.19. The lowest BCUT2D eigenvalue weighted by Gasteiger charge is -2.12. The zero-order chi connectivity index (χ0) is 15.3. The van der Waals surface area contributed by atoms with E-state index in [0.29, 0.717) is 5.56 Å². The number of hydrogen-bond acceptors (Lipinski definition) is 6. The number of methoxy groups -OCH3 is 2. The maximum absolute atomic E-state index is 11.7. The quantitative estimate of drug-likeness (QED) is 0.571. The molecule has 0 unspecified atom stereocenters. The summed E-state index contributed by atoms with van der Waals surface area (Å²) in [6.45, 7) is 0. The van der Waals surface area contributed by atoms with Crippen molar-refractivity contribution in [3.05, 3.63) is 23.8 Å². The molecule has 1 rings (SSSR count). The van der Waals surface area contributed by atoms with Crippen molar-refractivity contribution in [3.63, 3.8) is 0 Å². The smallest absolute Gasteiger partial charge is 0.322 e. The molecule has 0 saturated heterocycles. The number of sulfonamides is 1. The third kappa shape index (κ3) is 4.35. The summed E-state index contributed by atoms with van der Waals surface area (Å²) in [6.07, 6.45) is 0. The molecule has 0 aliphatic carbocycles. The van der Waals surface area contributed by atoms with Gasteiger partial charge in [0.15, 0.2) is 5.75 Å². The van der Waals surface area contributed by atoms with E-state index in [2.05, 4.69) is 9.46 Å². The largest absolute Gasteiger partial charge is 0.495 e. The molecule has 0 bridgehead atoms. The van der Waals surface area contributed by atoms with Crippen LogP contribution in [0.2, 0.25) is 0 Å². The van der Waals surface area contributed by atoms with Crippen LogP contribution >= 0.6 is 12.2 Å². The monoisotopic (exact) mass is 318 g/mol. The molecule has 3 N–H and O–H groups in total. The third-order valence-corrected chi connectivity index (χ3v) is 3.67. The molecular formula is C11H14N2O5S2.